The summed E-state index contributed by atoms with van der Waals surface area (Å²) in [6.45, 7) is 0.240. The second-order valence-electron chi connectivity index (χ2n) is 3.80. The number of halogens is 3. The zero-order valence-corrected chi connectivity index (χ0v) is 9.82. The molecule has 19 heavy (non-hydrogen) atoms. The Morgan fingerprint density at radius 3 is 2.37 bits per heavy atom. The molecule has 0 atom stereocenters. The molecule has 0 aliphatic carbocycles. The summed E-state index contributed by atoms with van der Waals surface area (Å²) >= 11 is 0. The number of aromatic nitrogens is 1. The Morgan fingerprint density at radius 1 is 1.11 bits per heavy atom. The number of hydrogen-bond donors (Lipinski definition) is 1. The largest absolute Gasteiger partial charge is 0.439 e. The Kier molecular flexibility index (Phi) is 3.71. The van der Waals surface area contributed by atoms with Gasteiger partial charge in [0.25, 0.3) is 0 Å². The van der Waals surface area contributed by atoms with Gasteiger partial charge in [0.2, 0.25) is 5.88 Å². The van der Waals surface area contributed by atoms with E-state index in [-0.39, 0.29) is 12.3 Å². The number of benzene rings is 1. The summed E-state index contributed by atoms with van der Waals surface area (Å²) in [5.41, 5.74) is 5.48. The molecule has 0 amide bonds. The van der Waals surface area contributed by atoms with Crippen LogP contribution in [0.4, 0.5) is 13.2 Å². The van der Waals surface area contributed by atoms with E-state index in [2.05, 4.69) is 4.98 Å². The van der Waals surface area contributed by atoms with Crippen molar-refractivity contribution in [3.63, 3.8) is 0 Å². The second kappa shape index (κ2) is 5.27. The van der Waals surface area contributed by atoms with E-state index in [1.807, 2.05) is 0 Å². The Hall–Kier alpha value is -2.08. The van der Waals surface area contributed by atoms with Crippen molar-refractivity contribution in [2.45, 2.75) is 12.7 Å². The van der Waals surface area contributed by atoms with Gasteiger partial charge in [0.05, 0.1) is 5.56 Å². The van der Waals surface area contributed by atoms with Gasteiger partial charge in [0.15, 0.2) is 0 Å². The molecule has 1 aromatic heterocycles. The van der Waals surface area contributed by atoms with Gasteiger partial charge in [-0.05, 0) is 30.3 Å². The summed E-state index contributed by atoms with van der Waals surface area (Å²) in [5.74, 6) is 0.575. The molecule has 0 saturated carbocycles. The molecule has 2 rings (SSSR count). The monoisotopic (exact) mass is 268 g/mol. The molecule has 2 aromatic rings. The van der Waals surface area contributed by atoms with Crippen LogP contribution in [0.5, 0.6) is 11.6 Å². The van der Waals surface area contributed by atoms with Crippen molar-refractivity contribution >= 4 is 0 Å². The zero-order chi connectivity index (χ0) is 13.9. The molecule has 1 heterocycles. The van der Waals surface area contributed by atoms with Crippen LogP contribution in [0.2, 0.25) is 0 Å². The van der Waals surface area contributed by atoms with Crippen LogP contribution in [-0.4, -0.2) is 4.98 Å². The van der Waals surface area contributed by atoms with Crippen LogP contribution < -0.4 is 10.5 Å². The van der Waals surface area contributed by atoms with Gasteiger partial charge in [-0.25, -0.2) is 4.98 Å². The first kappa shape index (κ1) is 13.4. The molecule has 3 nitrogen and oxygen atoms in total. The Bertz CT molecular complexity index is 553. The lowest BCUT2D eigenvalue weighted by Crippen LogP contribution is -2.04. The normalized spacial score (nSPS) is 11.4. The molecule has 1 aromatic carbocycles. The van der Waals surface area contributed by atoms with Crippen molar-refractivity contribution in [2.75, 3.05) is 0 Å². The topological polar surface area (TPSA) is 48.1 Å². The summed E-state index contributed by atoms with van der Waals surface area (Å²) in [6, 6.07) is 7.87. The van der Waals surface area contributed by atoms with Crippen molar-refractivity contribution in [1.82, 2.24) is 4.98 Å². The number of rotatable bonds is 3. The van der Waals surface area contributed by atoms with E-state index >= 15 is 0 Å². The number of hydrogen-bond acceptors (Lipinski definition) is 3. The first-order valence-electron chi connectivity index (χ1n) is 5.50. The van der Waals surface area contributed by atoms with Crippen LogP contribution in [0.15, 0.2) is 42.6 Å². The van der Waals surface area contributed by atoms with Crippen LogP contribution in [0.1, 0.15) is 11.1 Å². The Balaban J connectivity index is 2.20. The standard InChI is InChI=1S/C13H11F3N2O/c14-13(15,16)10-3-5-11(6-4-10)19-12-9(8-17)2-1-7-18-12/h1-7H,8,17H2. The number of alkyl halides is 3. The lowest BCUT2D eigenvalue weighted by Gasteiger charge is -2.10. The fraction of sp³-hybridized carbons (Fsp3) is 0.154. The molecular formula is C13H11F3N2O. The van der Waals surface area contributed by atoms with Gasteiger partial charge in [0.1, 0.15) is 5.75 Å². The fourth-order valence-electron chi connectivity index (χ4n) is 1.49. The highest BCUT2D eigenvalue weighted by Gasteiger charge is 2.30. The Morgan fingerprint density at radius 2 is 1.79 bits per heavy atom. The van der Waals surface area contributed by atoms with E-state index in [4.69, 9.17) is 10.5 Å². The lowest BCUT2D eigenvalue weighted by molar-refractivity contribution is -0.137. The minimum atomic E-state index is -4.36. The highest BCUT2D eigenvalue weighted by molar-refractivity contribution is 5.34. The molecule has 0 aliphatic rings. The van der Waals surface area contributed by atoms with Crippen LogP contribution in [0.3, 0.4) is 0 Å². The highest BCUT2D eigenvalue weighted by Crippen LogP contribution is 2.31. The van der Waals surface area contributed by atoms with E-state index in [0.717, 1.165) is 12.1 Å². The van der Waals surface area contributed by atoms with E-state index in [9.17, 15) is 13.2 Å². The molecule has 0 fully saturated rings. The molecule has 6 heteroatoms. The van der Waals surface area contributed by atoms with Crippen molar-refractivity contribution < 1.29 is 17.9 Å². The summed E-state index contributed by atoms with van der Waals surface area (Å²) in [4.78, 5) is 3.99. The van der Waals surface area contributed by atoms with E-state index in [1.54, 1.807) is 12.1 Å². The van der Waals surface area contributed by atoms with E-state index in [1.165, 1.54) is 18.3 Å². The van der Waals surface area contributed by atoms with Gasteiger partial charge in [-0.1, -0.05) is 6.07 Å². The molecule has 0 radical (unpaired) electrons. The third-order valence-corrected chi connectivity index (χ3v) is 2.47. The number of pyridine rings is 1. The Labute approximate surface area is 107 Å². The lowest BCUT2D eigenvalue weighted by atomic mass is 10.2. The molecule has 2 N–H and O–H groups in total. The predicted octanol–water partition coefficient (Wildman–Crippen LogP) is 3.35. The van der Waals surface area contributed by atoms with Crippen LogP contribution in [-0.2, 0) is 12.7 Å². The molecule has 0 saturated heterocycles. The molecule has 0 aliphatic heterocycles. The second-order valence-corrected chi connectivity index (χ2v) is 3.80. The third kappa shape index (κ3) is 3.23. The minimum absolute atomic E-state index is 0.240. The van der Waals surface area contributed by atoms with Crippen molar-refractivity contribution in [3.8, 4) is 11.6 Å². The molecule has 100 valence electrons. The van der Waals surface area contributed by atoms with Gasteiger partial charge in [-0.2, -0.15) is 13.2 Å². The van der Waals surface area contributed by atoms with Gasteiger partial charge in [-0.3, -0.25) is 0 Å². The van der Waals surface area contributed by atoms with Crippen LogP contribution >= 0.6 is 0 Å². The maximum Gasteiger partial charge on any atom is 0.416 e. The average Bonchev–Trinajstić information content (AvgIpc) is 2.39. The van der Waals surface area contributed by atoms with Gasteiger partial charge >= 0.3 is 6.18 Å². The fourth-order valence-corrected chi connectivity index (χ4v) is 1.49. The number of nitrogens with two attached hydrogens (primary N) is 1. The SMILES string of the molecule is NCc1cccnc1Oc1ccc(C(F)(F)F)cc1. The van der Waals surface area contributed by atoms with Crippen LogP contribution in [0.25, 0.3) is 0 Å². The zero-order valence-electron chi connectivity index (χ0n) is 9.82. The van der Waals surface area contributed by atoms with Gasteiger partial charge in [0, 0.05) is 18.3 Å². The molecular weight excluding hydrogens is 257 g/mol. The summed E-state index contributed by atoms with van der Waals surface area (Å²) in [7, 11) is 0. The maximum atomic E-state index is 12.4. The first-order valence-corrected chi connectivity index (χ1v) is 5.50. The number of ether oxygens (including phenoxy) is 1. The smallest absolute Gasteiger partial charge is 0.416 e. The average molecular weight is 268 g/mol. The molecule has 0 spiro atoms. The summed E-state index contributed by atoms with van der Waals surface area (Å²) < 4.78 is 42.6. The van der Waals surface area contributed by atoms with Crippen molar-refractivity contribution in [1.29, 1.82) is 0 Å². The van der Waals surface area contributed by atoms with E-state index in [0.29, 0.717) is 11.4 Å². The van der Waals surface area contributed by atoms with Crippen molar-refractivity contribution in [2.24, 2.45) is 5.73 Å². The molecule has 0 unspecified atom stereocenters. The van der Waals surface area contributed by atoms with Gasteiger partial charge < -0.3 is 10.5 Å². The number of nitrogens with zero attached hydrogens (tertiary/aromatic N) is 1. The minimum Gasteiger partial charge on any atom is -0.439 e. The first-order chi connectivity index (χ1) is 9.00. The maximum absolute atomic E-state index is 12.4. The predicted molar refractivity (Wildman–Crippen MR) is 63.6 cm³/mol. The van der Waals surface area contributed by atoms with Crippen molar-refractivity contribution in [3.05, 3.63) is 53.7 Å². The van der Waals surface area contributed by atoms with Crippen LogP contribution in [0, 0.1) is 0 Å². The van der Waals surface area contributed by atoms with E-state index < -0.39 is 11.7 Å². The summed E-state index contributed by atoms with van der Waals surface area (Å²) in [6.07, 6.45) is -2.83. The van der Waals surface area contributed by atoms with Gasteiger partial charge in [-0.15, -0.1) is 0 Å². The summed E-state index contributed by atoms with van der Waals surface area (Å²) in [5, 5.41) is 0. The molecule has 0 bridgehead atoms. The third-order valence-electron chi connectivity index (χ3n) is 2.47. The quantitative estimate of drug-likeness (QED) is 0.928. The highest BCUT2D eigenvalue weighted by atomic mass is 19.4.